The molecular weight excluding hydrogens is 372 g/mol. The SMILES string of the molecule is Cc1nc2ccc(C(=O)N3CC[C@H](S(=O)(=O)Cc4ccco4)C3)cc2s1. The highest BCUT2D eigenvalue weighted by Gasteiger charge is 2.36. The van der Waals surface area contributed by atoms with E-state index in [1.54, 1.807) is 34.4 Å². The Morgan fingerprint density at radius 3 is 3.00 bits per heavy atom. The molecule has 0 spiro atoms. The van der Waals surface area contributed by atoms with Crippen LogP contribution in [-0.2, 0) is 15.6 Å². The first-order valence-corrected chi connectivity index (χ1v) is 10.9. The average molecular weight is 390 g/mol. The highest BCUT2D eigenvalue weighted by atomic mass is 32.2. The van der Waals surface area contributed by atoms with Crippen molar-refractivity contribution in [1.82, 2.24) is 9.88 Å². The second-order valence-corrected chi connectivity index (χ2v) is 9.98. The predicted molar refractivity (Wildman–Crippen MR) is 100.0 cm³/mol. The molecular formula is C18H18N2O4S2. The first kappa shape index (κ1) is 17.2. The molecule has 4 rings (SSSR count). The van der Waals surface area contributed by atoms with Gasteiger partial charge >= 0.3 is 0 Å². The Hall–Kier alpha value is -2.19. The molecule has 136 valence electrons. The Labute approximate surface area is 155 Å². The number of thiazole rings is 1. The fourth-order valence-corrected chi connectivity index (χ4v) is 5.81. The molecule has 0 N–H and O–H groups in total. The number of likely N-dealkylation sites (tertiary alicyclic amines) is 1. The highest BCUT2D eigenvalue weighted by molar-refractivity contribution is 7.91. The van der Waals surface area contributed by atoms with Gasteiger partial charge in [0.1, 0.15) is 11.5 Å². The van der Waals surface area contributed by atoms with Crippen molar-refractivity contribution < 1.29 is 17.6 Å². The van der Waals surface area contributed by atoms with Crippen molar-refractivity contribution in [2.75, 3.05) is 13.1 Å². The monoisotopic (exact) mass is 390 g/mol. The molecule has 0 unspecified atom stereocenters. The summed E-state index contributed by atoms with van der Waals surface area (Å²) in [6.07, 6.45) is 1.92. The molecule has 0 radical (unpaired) electrons. The van der Waals surface area contributed by atoms with Gasteiger partial charge in [0.15, 0.2) is 9.84 Å². The summed E-state index contributed by atoms with van der Waals surface area (Å²) in [4.78, 5) is 18.8. The molecule has 2 aromatic heterocycles. The lowest BCUT2D eigenvalue weighted by atomic mass is 10.2. The summed E-state index contributed by atoms with van der Waals surface area (Å²) in [5, 5.41) is 0.404. The molecule has 1 amide bonds. The molecule has 3 aromatic rings. The number of carbonyl (C=O) groups is 1. The molecule has 1 fully saturated rings. The summed E-state index contributed by atoms with van der Waals surface area (Å²) < 4.78 is 31.3. The molecule has 8 heteroatoms. The maximum absolute atomic E-state index is 12.8. The van der Waals surface area contributed by atoms with E-state index in [2.05, 4.69) is 4.98 Å². The van der Waals surface area contributed by atoms with Gasteiger partial charge in [0.05, 0.1) is 26.7 Å². The number of carbonyl (C=O) groups excluding carboxylic acids is 1. The Bertz CT molecular complexity index is 1050. The van der Waals surface area contributed by atoms with Crippen LogP contribution in [0.2, 0.25) is 0 Å². The van der Waals surface area contributed by atoms with Crippen molar-refractivity contribution >= 4 is 37.3 Å². The normalized spacial score (nSPS) is 17.9. The Morgan fingerprint density at radius 1 is 1.38 bits per heavy atom. The van der Waals surface area contributed by atoms with Crippen LogP contribution in [0.15, 0.2) is 41.0 Å². The number of amides is 1. The minimum absolute atomic E-state index is 0.126. The van der Waals surface area contributed by atoms with Crippen LogP contribution < -0.4 is 0 Å². The zero-order valence-corrected chi connectivity index (χ0v) is 15.8. The van der Waals surface area contributed by atoms with Crippen LogP contribution in [-0.4, -0.2) is 42.5 Å². The van der Waals surface area contributed by atoms with Gasteiger partial charge in [0, 0.05) is 18.7 Å². The van der Waals surface area contributed by atoms with Crippen molar-refractivity contribution in [3.63, 3.8) is 0 Å². The first-order chi connectivity index (χ1) is 12.4. The van der Waals surface area contributed by atoms with E-state index in [1.165, 1.54) is 6.26 Å². The molecule has 26 heavy (non-hydrogen) atoms. The number of furan rings is 1. The molecule has 1 atom stereocenters. The van der Waals surface area contributed by atoms with E-state index < -0.39 is 15.1 Å². The smallest absolute Gasteiger partial charge is 0.253 e. The van der Waals surface area contributed by atoms with E-state index in [1.807, 2.05) is 19.1 Å². The van der Waals surface area contributed by atoms with Crippen LogP contribution in [0, 0.1) is 6.92 Å². The summed E-state index contributed by atoms with van der Waals surface area (Å²) in [6, 6.07) is 8.77. The average Bonchev–Trinajstić information content (AvgIpc) is 3.32. The maximum Gasteiger partial charge on any atom is 0.253 e. The summed E-state index contributed by atoms with van der Waals surface area (Å²) >= 11 is 1.54. The van der Waals surface area contributed by atoms with Crippen LogP contribution in [0.25, 0.3) is 10.2 Å². The molecule has 1 saturated heterocycles. The molecule has 1 aliphatic heterocycles. The van der Waals surface area contributed by atoms with Gasteiger partial charge in [-0.1, -0.05) is 0 Å². The summed E-state index contributed by atoms with van der Waals surface area (Å²) in [5.74, 6) is 0.174. The standard InChI is InChI=1S/C18H18N2O4S2/c1-12-19-16-5-4-13(9-17(16)25-12)18(21)20-7-6-15(10-20)26(22,23)11-14-3-2-8-24-14/h2-5,8-9,15H,6-7,10-11H2,1H3/t15-/m0/s1. The predicted octanol–water partition coefficient (Wildman–Crippen LogP) is 3.03. The number of nitrogens with zero attached hydrogens (tertiary/aromatic N) is 2. The lowest BCUT2D eigenvalue weighted by molar-refractivity contribution is 0.0793. The lowest BCUT2D eigenvalue weighted by Crippen LogP contribution is -2.32. The van der Waals surface area contributed by atoms with E-state index in [0.717, 1.165) is 15.2 Å². The van der Waals surface area contributed by atoms with E-state index in [-0.39, 0.29) is 18.2 Å². The van der Waals surface area contributed by atoms with Crippen molar-refractivity contribution in [2.24, 2.45) is 0 Å². The molecule has 0 aliphatic carbocycles. The zero-order chi connectivity index (χ0) is 18.3. The highest BCUT2D eigenvalue weighted by Crippen LogP contribution is 2.26. The second kappa shape index (κ2) is 6.51. The quantitative estimate of drug-likeness (QED) is 0.684. The van der Waals surface area contributed by atoms with Gasteiger partial charge in [0.2, 0.25) is 0 Å². The van der Waals surface area contributed by atoms with Gasteiger partial charge in [-0.3, -0.25) is 4.79 Å². The number of aromatic nitrogens is 1. The molecule has 0 saturated carbocycles. The summed E-state index contributed by atoms with van der Waals surface area (Å²) in [7, 11) is -3.36. The van der Waals surface area contributed by atoms with Crippen molar-refractivity contribution in [1.29, 1.82) is 0 Å². The Balaban J connectivity index is 1.49. The topological polar surface area (TPSA) is 80.5 Å². The van der Waals surface area contributed by atoms with Gasteiger partial charge in [0.25, 0.3) is 5.91 Å². The first-order valence-electron chi connectivity index (χ1n) is 8.33. The second-order valence-electron chi connectivity index (χ2n) is 6.46. The van der Waals surface area contributed by atoms with Crippen LogP contribution in [0.5, 0.6) is 0 Å². The third kappa shape index (κ3) is 3.26. The minimum atomic E-state index is -3.36. The molecule has 1 aliphatic rings. The molecule has 3 heterocycles. The lowest BCUT2D eigenvalue weighted by Gasteiger charge is -2.16. The molecule has 1 aromatic carbocycles. The van der Waals surface area contributed by atoms with Gasteiger partial charge in [-0.25, -0.2) is 13.4 Å². The Morgan fingerprint density at radius 2 is 2.23 bits per heavy atom. The number of sulfone groups is 1. The van der Waals surface area contributed by atoms with Gasteiger partial charge < -0.3 is 9.32 Å². The fourth-order valence-electron chi connectivity index (χ4n) is 3.27. The van der Waals surface area contributed by atoms with Crippen molar-refractivity contribution in [3.8, 4) is 0 Å². The number of hydrogen-bond donors (Lipinski definition) is 0. The number of fused-ring (bicyclic) bond motifs is 1. The van der Waals surface area contributed by atoms with E-state index >= 15 is 0 Å². The zero-order valence-electron chi connectivity index (χ0n) is 14.2. The maximum atomic E-state index is 12.8. The van der Waals surface area contributed by atoms with Crippen LogP contribution >= 0.6 is 11.3 Å². The van der Waals surface area contributed by atoms with Gasteiger partial charge in [-0.2, -0.15) is 0 Å². The van der Waals surface area contributed by atoms with Gasteiger partial charge in [-0.05, 0) is 43.7 Å². The van der Waals surface area contributed by atoms with E-state index in [0.29, 0.717) is 24.3 Å². The van der Waals surface area contributed by atoms with E-state index in [9.17, 15) is 13.2 Å². The third-order valence-corrected chi connectivity index (χ3v) is 7.63. The summed E-state index contributed by atoms with van der Waals surface area (Å²) in [6.45, 7) is 2.60. The number of hydrogen-bond acceptors (Lipinski definition) is 6. The number of rotatable bonds is 4. The van der Waals surface area contributed by atoms with Crippen LogP contribution in [0.3, 0.4) is 0 Å². The number of benzene rings is 1. The Kier molecular flexibility index (Phi) is 4.32. The minimum Gasteiger partial charge on any atom is -0.468 e. The van der Waals surface area contributed by atoms with Crippen molar-refractivity contribution in [3.05, 3.63) is 52.9 Å². The van der Waals surface area contributed by atoms with Crippen LogP contribution in [0.4, 0.5) is 0 Å². The molecule has 6 nitrogen and oxygen atoms in total. The molecule has 0 bridgehead atoms. The van der Waals surface area contributed by atoms with E-state index in [4.69, 9.17) is 4.42 Å². The number of aryl methyl sites for hydroxylation is 1. The summed E-state index contributed by atoms with van der Waals surface area (Å²) in [5.41, 5.74) is 1.45. The van der Waals surface area contributed by atoms with Crippen molar-refractivity contribution in [2.45, 2.75) is 24.3 Å². The van der Waals surface area contributed by atoms with Gasteiger partial charge in [-0.15, -0.1) is 11.3 Å². The third-order valence-electron chi connectivity index (χ3n) is 4.61. The largest absolute Gasteiger partial charge is 0.468 e. The fraction of sp³-hybridized carbons (Fsp3) is 0.333. The van der Waals surface area contributed by atoms with Crippen LogP contribution in [0.1, 0.15) is 27.5 Å².